The largest absolute Gasteiger partial charge is 0.354 e. The van der Waals surface area contributed by atoms with Gasteiger partial charge in [-0.25, -0.2) is 0 Å². The molecule has 1 aliphatic carbocycles. The number of nitrogens with one attached hydrogen (secondary N) is 2. The summed E-state index contributed by atoms with van der Waals surface area (Å²) in [6.45, 7) is 2.95. The molecule has 0 unspecified atom stereocenters. The zero-order chi connectivity index (χ0) is 10.4. The summed E-state index contributed by atoms with van der Waals surface area (Å²) in [5.41, 5.74) is 0.173. The minimum atomic E-state index is -0.0200. The van der Waals surface area contributed by atoms with Crippen molar-refractivity contribution in [1.29, 1.82) is 5.26 Å². The molecule has 4 nitrogen and oxygen atoms in total. The zero-order valence-corrected chi connectivity index (χ0v) is 8.60. The Kier molecular flexibility index (Phi) is 3.90. The average molecular weight is 195 g/mol. The number of nitriles is 1. The fourth-order valence-electron chi connectivity index (χ4n) is 1.50. The minimum Gasteiger partial charge on any atom is -0.354 e. The summed E-state index contributed by atoms with van der Waals surface area (Å²) in [7, 11) is 0. The lowest BCUT2D eigenvalue weighted by Crippen LogP contribution is -2.51. The first-order chi connectivity index (χ1) is 6.66. The van der Waals surface area contributed by atoms with E-state index in [0.29, 0.717) is 19.5 Å². The zero-order valence-electron chi connectivity index (χ0n) is 8.60. The van der Waals surface area contributed by atoms with Crippen LogP contribution in [0.5, 0.6) is 0 Å². The Hall–Kier alpha value is -1.08. The first-order valence-electron chi connectivity index (χ1n) is 5.05. The SMILES string of the molecule is CC1(NCC(=O)NCCC#N)CCC1. The van der Waals surface area contributed by atoms with Gasteiger partial charge in [-0.05, 0) is 26.2 Å². The molecule has 0 spiro atoms. The van der Waals surface area contributed by atoms with E-state index in [9.17, 15) is 4.79 Å². The van der Waals surface area contributed by atoms with Crippen LogP contribution in [-0.4, -0.2) is 24.5 Å². The molecule has 1 fully saturated rings. The maximum absolute atomic E-state index is 11.2. The predicted molar refractivity (Wildman–Crippen MR) is 53.5 cm³/mol. The van der Waals surface area contributed by atoms with Crippen molar-refractivity contribution in [2.75, 3.05) is 13.1 Å². The third kappa shape index (κ3) is 3.35. The van der Waals surface area contributed by atoms with Crippen LogP contribution in [0.25, 0.3) is 0 Å². The fraction of sp³-hybridized carbons (Fsp3) is 0.800. The summed E-state index contributed by atoms with van der Waals surface area (Å²) in [6.07, 6.45) is 3.93. The van der Waals surface area contributed by atoms with Gasteiger partial charge in [0.15, 0.2) is 0 Å². The van der Waals surface area contributed by atoms with Crippen molar-refractivity contribution in [3.63, 3.8) is 0 Å². The first kappa shape index (κ1) is 11.0. The monoisotopic (exact) mass is 195 g/mol. The Bertz CT molecular complexity index is 240. The Morgan fingerprint density at radius 1 is 1.57 bits per heavy atom. The standard InChI is InChI=1S/C10H17N3O/c1-10(4-2-5-10)13-8-9(14)12-7-3-6-11/h13H,2-5,7-8H2,1H3,(H,12,14). The van der Waals surface area contributed by atoms with Crippen LogP contribution in [0.4, 0.5) is 0 Å². The number of hydrogen-bond acceptors (Lipinski definition) is 3. The highest BCUT2D eigenvalue weighted by Crippen LogP contribution is 2.30. The van der Waals surface area contributed by atoms with Gasteiger partial charge in [0, 0.05) is 12.1 Å². The second-order valence-corrected chi connectivity index (χ2v) is 4.03. The van der Waals surface area contributed by atoms with Crippen LogP contribution in [0.3, 0.4) is 0 Å². The van der Waals surface area contributed by atoms with E-state index in [4.69, 9.17) is 5.26 Å². The normalized spacial score (nSPS) is 18.0. The number of carbonyl (C=O) groups excluding carboxylic acids is 1. The van der Waals surface area contributed by atoms with Crippen molar-refractivity contribution in [2.45, 2.75) is 38.1 Å². The quantitative estimate of drug-likeness (QED) is 0.630. The lowest BCUT2D eigenvalue weighted by Gasteiger charge is -2.39. The molecule has 14 heavy (non-hydrogen) atoms. The van der Waals surface area contributed by atoms with Gasteiger partial charge < -0.3 is 10.6 Å². The highest BCUT2D eigenvalue weighted by molar-refractivity contribution is 5.78. The van der Waals surface area contributed by atoms with Gasteiger partial charge in [-0.15, -0.1) is 0 Å². The van der Waals surface area contributed by atoms with Crippen LogP contribution in [0.1, 0.15) is 32.6 Å². The van der Waals surface area contributed by atoms with Crippen molar-refractivity contribution in [3.8, 4) is 6.07 Å². The summed E-state index contributed by atoms with van der Waals surface area (Å²) in [4.78, 5) is 11.2. The molecule has 0 aliphatic heterocycles. The third-order valence-corrected chi connectivity index (χ3v) is 2.69. The Balaban J connectivity index is 2.06. The van der Waals surface area contributed by atoms with Crippen molar-refractivity contribution in [1.82, 2.24) is 10.6 Å². The smallest absolute Gasteiger partial charge is 0.234 e. The van der Waals surface area contributed by atoms with Crippen LogP contribution in [-0.2, 0) is 4.79 Å². The van der Waals surface area contributed by atoms with E-state index >= 15 is 0 Å². The van der Waals surface area contributed by atoms with Gasteiger partial charge in [0.25, 0.3) is 0 Å². The Morgan fingerprint density at radius 2 is 2.29 bits per heavy atom. The molecule has 0 saturated heterocycles. The van der Waals surface area contributed by atoms with Crippen molar-refractivity contribution >= 4 is 5.91 Å². The van der Waals surface area contributed by atoms with E-state index in [0.717, 1.165) is 12.8 Å². The lowest BCUT2D eigenvalue weighted by molar-refractivity contribution is -0.120. The summed E-state index contributed by atoms with van der Waals surface area (Å²) < 4.78 is 0. The Labute approximate surface area is 84.7 Å². The van der Waals surface area contributed by atoms with Crippen LogP contribution in [0.15, 0.2) is 0 Å². The van der Waals surface area contributed by atoms with Crippen LogP contribution in [0.2, 0.25) is 0 Å². The van der Waals surface area contributed by atoms with Gasteiger partial charge in [0.1, 0.15) is 0 Å². The van der Waals surface area contributed by atoms with Gasteiger partial charge in [-0.3, -0.25) is 4.79 Å². The van der Waals surface area contributed by atoms with Crippen molar-refractivity contribution in [2.24, 2.45) is 0 Å². The summed E-state index contributed by atoms with van der Waals surface area (Å²) in [6, 6.07) is 1.98. The summed E-state index contributed by atoms with van der Waals surface area (Å²) in [5, 5.41) is 14.2. The van der Waals surface area contributed by atoms with Crippen LogP contribution < -0.4 is 10.6 Å². The van der Waals surface area contributed by atoms with E-state index in [-0.39, 0.29) is 11.4 Å². The maximum Gasteiger partial charge on any atom is 0.234 e. The summed E-state index contributed by atoms with van der Waals surface area (Å²) in [5.74, 6) is -0.0200. The highest BCUT2D eigenvalue weighted by atomic mass is 16.1. The van der Waals surface area contributed by atoms with Crippen molar-refractivity contribution < 1.29 is 4.79 Å². The predicted octanol–water partition coefficient (Wildman–Crippen LogP) is 0.548. The number of hydrogen-bond donors (Lipinski definition) is 2. The van der Waals surface area contributed by atoms with E-state index in [1.54, 1.807) is 0 Å². The Morgan fingerprint density at radius 3 is 2.79 bits per heavy atom. The molecule has 78 valence electrons. The maximum atomic E-state index is 11.2. The molecule has 1 rings (SSSR count). The van der Waals surface area contributed by atoms with Gasteiger partial charge in [0.2, 0.25) is 5.91 Å². The second kappa shape index (κ2) is 4.97. The molecule has 1 saturated carbocycles. The van der Waals surface area contributed by atoms with Crippen LogP contribution in [0, 0.1) is 11.3 Å². The van der Waals surface area contributed by atoms with E-state index < -0.39 is 0 Å². The number of amides is 1. The lowest BCUT2D eigenvalue weighted by atomic mass is 9.78. The van der Waals surface area contributed by atoms with Gasteiger partial charge in [0.05, 0.1) is 19.0 Å². The molecule has 0 radical (unpaired) electrons. The number of rotatable bonds is 5. The number of nitrogens with zero attached hydrogens (tertiary/aromatic N) is 1. The second-order valence-electron chi connectivity index (χ2n) is 4.03. The molecule has 0 aromatic carbocycles. The van der Waals surface area contributed by atoms with Gasteiger partial charge in [-0.2, -0.15) is 5.26 Å². The summed E-state index contributed by atoms with van der Waals surface area (Å²) >= 11 is 0. The third-order valence-electron chi connectivity index (χ3n) is 2.69. The molecule has 0 aromatic heterocycles. The molecule has 0 atom stereocenters. The number of carbonyl (C=O) groups is 1. The molecule has 4 heteroatoms. The molecule has 0 aromatic rings. The molecule has 1 amide bonds. The van der Waals surface area contributed by atoms with E-state index in [1.807, 2.05) is 6.07 Å². The van der Waals surface area contributed by atoms with Gasteiger partial charge >= 0.3 is 0 Å². The molecule has 1 aliphatic rings. The molecular weight excluding hydrogens is 178 g/mol. The molecular formula is C10H17N3O. The first-order valence-corrected chi connectivity index (χ1v) is 5.05. The fourth-order valence-corrected chi connectivity index (χ4v) is 1.50. The van der Waals surface area contributed by atoms with Crippen molar-refractivity contribution in [3.05, 3.63) is 0 Å². The van der Waals surface area contributed by atoms with E-state index in [2.05, 4.69) is 17.6 Å². The average Bonchev–Trinajstić information content (AvgIpc) is 2.12. The molecule has 0 bridgehead atoms. The van der Waals surface area contributed by atoms with Gasteiger partial charge in [-0.1, -0.05) is 0 Å². The molecule has 2 N–H and O–H groups in total. The molecule has 0 heterocycles. The highest BCUT2D eigenvalue weighted by Gasteiger charge is 2.31. The van der Waals surface area contributed by atoms with Crippen LogP contribution >= 0.6 is 0 Å². The minimum absolute atomic E-state index is 0.0200. The topological polar surface area (TPSA) is 64.9 Å². The van der Waals surface area contributed by atoms with E-state index in [1.165, 1.54) is 6.42 Å².